The number of benzene rings is 1. The van der Waals surface area contributed by atoms with Crippen LogP contribution in [0, 0.1) is 12.8 Å². The molecule has 0 bridgehead atoms. The zero-order chi connectivity index (χ0) is 14.8. The summed E-state index contributed by atoms with van der Waals surface area (Å²) in [5.41, 5.74) is 1.46. The molecule has 2 saturated heterocycles. The Hall–Kier alpha value is -1.55. The molecule has 0 aliphatic carbocycles. The van der Waals surface area contributed by atoms with Crippen molar-refractivity contribution in [2.75, 3.05) is 19.6 Å². The fourth-order valence-corrected chi connectivity index (χ4v) is 3.70. The van der Waals surface area contributed by atoms with Crippen molar-refractivity contribution in [2.24, 2.45) is 5.92 Å². The average molecular weight is 288 g/mol. The quantitative estimate of drug-likeness (QED) is 0.878. The lowest BCUT2D eigenvalue weighted by Gasteiger charge is -2.34. The minimum Gasteiger partial charge on any atom is -0.508 e. The summed E-state index contributed by atoms with van der Waals surface area (Å²) >= 11 is 0. The summed E-state index contributed by atoms with van der Waals surface area (Å²) < 4.78 is 0. The third-order valence-electron chi connectivity index (χ3n) is 4.88. The van der Waals surface area contributed by atoms with Crippen LogP contribution >= 0.6 is 0 Å². The average Bonchev–Trinajstić information content (AvgIpc) is 2.99. The minimum atomic E-state index is 0.117. The van der Waals surface area contributed by atoms with Gasteiger partial charge in [-0.2, -0.15) is 0 Å². The van der Waals surface area contributed by atoms with Crippen LogP contribution in [-0.2, 0) is 0 Å². The number of phenolic OH excluding ortho intramolecular Hbond substituents is 1. The number of aromatic hydroxyl groups is 1. The fourth-order valence-electron chi connectivity index (χ4n) is 3.70. The number of hydrogen-bond acceptors (Lipinski definition) is 3. The zero-order valence-electron chi connectivity index (χ0n) is 12.6. The third kappa shape index (κ3) is 2.91. The lowest BCUT2D eigenvalue weighted by Crippen LogP contribution is -2.45. The van der Waals surface area contributed by atoms with Gasteiger partial charge in [0.1, 0.15) is 5.75 Å². The summed E-state index contributed by atoms with van der Waals surface area (Å²) in [5.74, 6) is 0.954. The van der Waals surface area contributed by atoms with Gasteiger partial charge in [-0.3, -0.25) is 4.79 Å². The molecule has 3 rings (SSSR count). The molecule has 0 radical (unpaired) electrons. The Morgan fingerprint density at radius 2 is 2.19 bits per heavy atom. The highest BCUT2D eigenvalue weighted by Crippen LogP contribution is 2.30. The molecule has 1 aromatic carbocycles. The van der Waals surface area contributed by atoms with Crippen molar-refractivity contribution in [3.63, 3.8) is 0 Å². The first-order valence-corrected chi connectivity index (χ1v) is 7.98. The van der Waals surface area contributed by atoms with Gasteiger partial charge in [0, 0.05) is 18.2 Å². The minimum absolute atomic E-state index is 0.117. The molecule has 2 heterocycles. The zero-order valence-corrected chi connectivity index (χ0v) is 12.6. The smallest absolute Gasteiger partial charge is 0.254 e. The van der Waals surface area contributed by atoms with Gasteiger partial charge in [0.2, 0.25) is 0 Å². The number of carbonyl (C=O) groups excluding carboxylic acids is 1. The molecule has 1 amide bonds. The highest BCUT2D eigenvalue weighted by molar-refractivity contribution is 5.95. The first-order chi connectivity index (χ1) is 10.2. The molecule has 2 atom stereocenters. The molecule has 114 valence electrons. The van der Waals surface area contributed by atoms with E-state index >= 15 is 0 Å². The molecular weight excluding hydrogens is 264 g/mol. The van der Waals surface area contributed by atoms with Crippen molar-refractivity contribution in [3.05, 3.63) is 29.3 Å². The Balaban J connectivity index is 1.77. The van der Waals surface area contributed by atoms with Crippen LogP contribution in [0.5, 0.6) is 5.75 Å². The van der Waals surface area contributed by atoms with Gasteiger partial charge < -0.3 is 15.3 Å². The van der Waals surface area contributed by atoms with Crippen molar-refractivity contribution in [1.82, 2.24) is 10.2 Å². The Bertz CT molecular complexity index is 524. The van der Waals surface area contributed by atoms with Crippen LogP contribution in [0.3, 0.4) is 0 Å². The standard InChI is InChI=1S/C17H24N2O2/c1-12-10-13(6-7-16(12)20)17(21)19-9-3-5-15(19)14-4-2-8-18-11-14/h6-7,10,14-15,18,20H,2-5,8-9,11H2,1H3. The van der Waals surface area contributed by atoms with Gasteiger partial charge in [-0.1, -0.05) is 0 Å². The number of carbonyl (C=O) groups is 1. The summed E-state index contributed by atoms with van der Waals surface area (Å²) in [6, 6.07) is 5.53. The normalized spacial score (nSPS) is 26.0. The molecule has 2 unspecified atom stereocenters. The predicted molar refractivity (Wildman–Crippen MR) is 82.5 cm³/mol. The first kappa shape index (κ1) is 14.4. The Morgan fingerprint density at radius 3 is 2.90 bits per heavy atom. The molecule has 2 aliphatic heterocycles. The molecule has 1 aromatic rings. The Kier molecular flexibility index (Phi) is 4.15. The highest BCUT2D eigenvalue weighted by Gasteiger charge is 2.35. The molecule has 0 aromatic heterocycles. The first-order valence-electron chi connectivity index (χ1n) is 7.98. The largest absolute Gasteiger partial charge is 0.508 e. The van der Waals surface area contributed by atoms with Crippen LogP contribution in [0.1, 0.15) is 41.6 Å². The molecule has 0 saturated carbocycles. The number of nitrogens with one attached hydrogen (secondary N) is 1. The molecule has 2 aliphatic rings. The van der Waals surface area contributed by atoms with Crippen molar-refractivity contribution >= 4 is 5.91 Å². The van der Waals surface area contributed by atoms with Gasteiger partial charge in [-0.05, 0) is 75.4 Å². The number of phenols is 1. The summed E-state index contributed by atoms with van der Waals surface area (Å²) in [4.78, 5) is 14.8. The number of rotatable bonds is 2. The Morgan fingerprint density at radius 1 is 1.33 bits per heavy atom. The maximum atomic E-state index is 12.8. The van der Waals surface area contributed by atoms with Crippen molar-refractivity contribution < 1.29 is 9.90 Å². The van der Waals surface area contributed by atoms with E-state index in [1.54, 1.807) is 18.2 Å². The van der Waals surface area contributed by atoms with E-state index in [0.717, 1.165) is 38.0 Å². The van der Waals surface area contributed by atoms with Crippen LogP contribution in [0.25, 0.3) is 0 Å². The molecule has 2 N–H and O–H groups in total. The second kappa shape index (κ2) is 6.06. The molecular formula is C17H24N2O2. The van der Waals surface area contributed by atoms with Crippen molar-refractivity contribution in [1.29, 1.82) is 0 Å². The second-order valence-electron chi connectivity index (χ2n) is 6.32. The number of aryl methyl sites for hydroxylation is 1. The van der Waals surface area contributed by atoms with Crippen LogP contribution in [0.4, 0.5) is 0 Å². The van der Waals surface area contributed by atoms with E-state index in [2.05, 4.69) is 10.2 Å². The molecule has 21 heavy (non-hydrogen) atoms. The summed E-state index contributed by atoms with van der Waals surface area (Å²) in [5, 5.41) is 13.1. The van der Waals surface area contributed by atoms with Gasteiger partial charge in [0.25, 0.3) is 5.91 Å². The molecule has 4 nitrogen and oxygen atoms in total. The second-order valence-corrected chi connectivity index (χ2v) is 6.32. The van der Waals surface area contributed by atoms with E-state index in [0.29, 0.717) is 17.5 Å². The van der Waals surface area contributed by atoms with E-state index in [-0.39, 0.29) is 11.7 Å². The van der Waals surface area contributed by atoms with E-state index in [9.17, 15) is 9.90 Å². The predicted octanol–water partition coefficient (Wildman–Crippen LogP) is 2.30. The van der Waals surface area contributed by atoms with Crippen LogP contribution in [0.15, 0.2) is 18.2 Å². The molecule has 0 spiro atoms. The van der Waals surface area contributed by atoms with Gasteiger partial charge in [0.15, 0.2) is 0 Å². The van der Waals surface area contributed by atoms with Crippen molar-refractivity contribution in [2.45, 2.75) is 38.6 Å². The molecule has 4 heteroatoms. The van der Waals surface area contributed by atoms with Crippen LogP contribution in [-0.4, -0.2) is 41.6 Å². The van der Waals surface area contributed by atoms with Gasteiger partial charge in [-0.25, -0.2) is 0 Å². The number of likely N-dealkylation sites (tertiary alicyclic amines) is 1. The lowest BCUT2D eigenvalue weighted by molar-refractivity contribution is 0.0670. The van der Waals surface area contributed by atoms with Gasteiger partial charge in [-0.15, -0.1) is 0 Å². The maximum Gasteiger partial charge on any atom is 0.254 e. The van der Waals surface area contributed by atoms with E-state index in [1.165, 1.54) is 12.8 Å². The van der Waals surface area contributed by atoms with Gasteiger partial charge in [0.05, 0.1) is 0 Å². The number of nitrogens with zero attached hydrogens (tertiary/aromatic N) is 1. The highest BCUT2D eigenvalue weighted by atomic mass is 16.3. The van der Waals surface area contributed by atoms with Crippen LogP contribution < -0.4 is 5.32 Å². The number of piperidine rings is 1. The van der Waals surface area contributed by atoms with Gasteiger partial charge >= 0.3 is 0 Å². The number of hydrogen-bond donors (Lipinski definition) is 2. The SMILES string of the molecule is Cc1cc(C(=O)N2CCCC2C2CCCNC2)ccc1O. The van der Waals surface area contributed by atoms with Crippen LogP contribution in [0.2, 0.25) is 0 Å². The number of amides is 1. The monoisotopic (exact) mass is 288 g/mol. The van der Waals surface area contributed by atoms with E-state index < -0.39 is 0 Å². The fraction of sp³-hybridized carbons (Fsp3) is 0.588. The summed E-state index contributed by atoms with van der Waals surface area (Å²) in [6.07, 6.45) is 4.65. The maximum absolute atomic E-state index is 12.8. The molecule has 2 fully saturated rings. The summed E-state index contributed by atoms with van der Waals surface area (Å²) in [6.45, 7) is 4.83. The lowest BCUT2D eigenvalue weighted by atomic mass is 9.90. The topological polar surface area (TPSA) is 52.6 Å². The van der Waals surface area contributed by atoms with E-state index in [1.807, 2.05) is 6.92 Å². The summed E-state index contributed by atoms with van der Waals surface area (Å²) in [7, 11) is 0. The Labute approximate surface area is 126 Å². The van der Waals surface area contributed by atoms with E-state index in [4.69, 9.17) is 0 Å². The third-order valence-corrected chi connectivity index (χ3v) is 4.88. The van der Waals surface area contributed by atoms with Crippen molar-refractivity contribution in [3.8, 4) is 5.75 Å².